The zero-order valence-electron chi connectivity index (χ0n) is 12.7. The largest absolute Gasteiger partial charge is 0.454 e. The molecule has 120 valence electrons. The lowest BCUT2D eigenvalue weighted by molar-refractivity contribution is 0.0956. The molecule has 0 radical (unpaired) electrons. The van der Waals surface area contributed by atoms with Crippen molar-refractivity contribution in [2.24, 2.45) is 5.73 Å². The zero-order valence-corrected chi connectivity index (χ0v) is 12.7. The van der Waals surface area contributed by atoms with Crippen LogP contribution in [0.15, 0.2) is 42.5 Å². The molecule has 0 unspecified atom stereocenters. The summed E-state index contributed by atoms with van der Waals surface area (Å²) in [5.41, 5.74) is 6.81. The lowest BCUT2D eigenvalue weighted by Crippen LogP contribution is -2.23. The standard InChI is InChI=1S/C18H14N2O4/c19-17(21)13-5-3-12(4-6-13)2-1-9-20-18(22)14-7-8-15-16(10-14)24-11-23-15/h3-8,10H,9,11H2,(H2,19,21)(H,20,22). The van der Waals surface area contributed by atoms with Gasteiger partial charge in [0.05, 0.1) is 6.54 Å². The summed E-state index contributed by atoms with van der Waals surface area (Å²) in [6, 6.07) is 11.6. The summed E-state index contributed by atoms with van der Waals surface area (Å²) in [4.78, 5) is 23.0. The molecule has 3 N–H and O–H groups in total. The molecule has 0 aromatic heterocycles. The van der Waals surface area contributed by atoms with Crippen LogP contribution in [0.3, 0.4) is 0 Å². The summed E-state index contributed by atoms with van der Waals surface area (Å²) in [7, 11) is 0. The number of nitrogens with one attached hydrogen (secondary N) is 1. The van der Waals surface area contributed by atoms with Gasteiger partial charge in [-0.2, -0.15) is 0 Å². The van der Waals surface area contributed by atoms with Gasteiger partial charge >= 0.3 is 0 Å². The Balaban J connectivity index is 1.56. The number of amides is 2. The second-order valence-corrected chi connectivity index (χ2v) is 4.99. The Morgan fingerprint density at radius 3 is 2.50 bits per heavy atom. The minimum atomic E-state index is -0.481. The smallest absolute Gasteiger partial charge is 0.252 e. The minimum absolute atomic E-state index is 0.167. The lowest BCUT2D eigenvalue weighted by Gasteiger charge is -2.02. The van der Waals surface area contributed by atoms with E-state index in [1.807, 2.05) is 0 Å². The van der Waals surface area contributed by atoms with E-state index in [4.69, 9.17) is 15.2 Å². The zero-order chi connectivity index (χ0) is 16.9. The van der Waals surface area contributed by atoms with Gasteiger partial charge in [-0.25, -0.2) is 0 Å². The molecule has 0 saturated carbocycles. The fourth-order valence-corrected chi connectivity index (χ4v) is 2.13. The van der Waals surface area contributed by atoms with E-state index < -0.39 is 5.91 Å². The van der Waals surface area contributed by atoms with Crippen molar-refractivity contribution in [2.45, 2.75) is 0 Å². The number of hydrogen-bond acceptors (Lipinski definition) is 4. The number of carbonyl (C=O) groups excluding carboxylic acids is 2. The minimum Gasteiger partial charge on any atom is -0.454 e. The molecular formula is C18H14N2O4. The number of rotatable bonds is 3. The molecule has 0 atom stereocenters. The highest BCUT2D eigenvalue weighted by Gasteiger charge is 2.15. The number of primary amides is 1. The molecule has 0 spiro atoms. The number of hydrogen-bond donors (Lipinski definition) is 2. The maximum absolute atomic E-state index is 12.0. The van der Waals surface area contributed by atoms with Crippen molar-refractivity contribution in [3.63, 3.8) is 0 Å². The van der Waals surface area contributed by atoms with Gasteiger partial charge in [0, 0.05) is 16.7 Å². The maximum Gasteiger partial charge on any atom is 0.252 e. The van der Waals surface area contributed by atoms with E-state index in [0.29, 0.717) is 22.6 Å². The van der Waals surface area contributed by atoms with E-state index in [-0.39, 0.29) is 19.2 Å². The number of benzene rings is 2. The lowest BCUT2D eigenvalue weighted by atomic mass is 10.1. The van der Waals surface area contributed by atoms with Crippen LogP contribution in [-0.4, -0.2) is 25.2 Å². The van der Waals surface area contributed by atoms with E-state index >= 15 is 0 Å². The molecule has 0 fully saturated rings. The first kappa shape index (κ1) is 15.4. The van der Waals surface area contributed by atoms with Gasteiger partial charge in [0.15, 0.2) is 11.5 Å². The monoisotopic (exact) mass is 322 g/mol. The first-order chi connectivity index (χ1) is 11.6. The maximum atomic E-state index is 12.0. The molecule has 1 heterocycles. The summed E-state index contributed by atoms with van der Waals surface area (Å²) in [5, 5.41) is 2.71. The molecule has 1 aliphatic heterocycles. The Labute approximate surface area is 138 Å². The molecule has 6 heteroatoms. The summed E-state index contributed by atoms with van der Waals surface area (Å²) in [5.74, 6) is 6.21. The highest BCUT2D eigenvalue weighted by molar-refractivity contribution is 5.95. The second kappa shape index (κ2) is 6.75. The molecule has 3 rings (SSSR count). The molecule has 6 nitrogen and oxygen atoms in total. The summed E-state index contributed by atoms with van der Waals surface area (Å²) in [6.45, 7) is 0.366. The van der Waals surface area contributed by atoms with Crippen LogP contribution in [0.1, 0.15) is 26.3 Å². The van der Waals surface area contributed by atoms with E-state index in [2.05, 4.69) is 17.2 Å². The molecule has 2 aromatic carbocycles. The Morgan fingerprint density at radius 2 is 1.75 bits per heavy atom. The van der Waals surface area contributed by atoms with Crippen LogP contribution in [0.2, 0.25) is 0 Å². The Morgan fingerprint density at radius 1 is 1.04 bits per heavy atom. The van der Waals surface area contributed by atoms with Crippen molar-refractivity contribution >= 4 is 11.8 Å². The first-order valence-corrected chi connectivity index (χ1v) is 7.20. The average Bonchev–Trinajstić information content (AvgIpc) is 3.06. The third-order valence-electron chi connectivity index (χ3n) is 3.37. The van der Waals surface area contributed by atoms with Gasteiger partial charge in [0.1, 0.15) is 0 Å². The van der Waals surface area contributed by atoms with Crippen LogP contribution < -0.4 is 20.5 Å². The predicted octanol–water partition coefficient (Wildman–Crippen LogP) is 1.30. The van der Waals surface area contributed by atoms with Crippen LogP contribution in [0.4, 0.5) is 0 Å². The molecule has 1 aliphatic rings. The van der Waals surface area contributed by atoms with E-state index in [9.17, 15) is 9.59 Å². The van der Waals surface area contributed by atoms with Gasteiger partial charge in [0.2, 0.25) is 12.7 Å². The fourth-order valence-electron chi connectivity index (χ4n) is 2.13. The van der Waals surface area contributed by atoms with Gasteiger partial charge in [-0.05, 0) is 42.5 Å². The van der Waals surface area contributed by atoms with Crippen molar-refractivity contribution in [3.8, 4) is 23.3 Å². The van der Waals surface area contributed by atoms with Crippen LogP contribution in [0.25, 0.3) is 0 Å². The van der Waals surface area contributed by atoms with E-state index in [1.54, 1.807) is 42.5 Å². The Kier molecular flexibility index (Phi) is 4.34. The van der Waals surface area contributed by atoms with Gasteiger partial charge in [-0.15, -0.1) is 0 Å². The summed E-state index contributed by atoms with van der Waals surface area (Å²) in [6.07, 6.45) is 0. The van der Waals surface area contributed by atoms with Crippen LogP contribution >= 0.6 is 0 Å². The normalized spacial score (nSPS) is 11.3. The first-order valence-electron chi connectivity index (χ1n) is 7.20. The van der Waals surface area contributed by atoms with E-state index in [0.717, 1.165) is 5.56 Å². The van der Waals surface area contributed by atoms with Crippen molar-refractivity contribution in [1.29, 1.82) is 0 Å². The van der Waals surface area contributed by atoms with Gasteiger partial charge in [-0.1, -0.05) is 11.8 Å². The third-order valence-corrected chi connectivity index (χ3v) is 3.37. The third kappa shape index (κ3) is 3.47. The second-order valence-electron chi connectivity index (χ2n) is 4.99. The molecule has 24 heavy (non-hydrogen) atoms. The van der Waals surface area contributed by atoms with Crippen molar-refractivity contribution < 1.29 is 19.1 Å². The number of ether oxygens (including phenoxy) is 2. The molecular weight excluding hydrogens is 308 g/mol. The highest BCUT2D eigenvalue weighted by Crippen LogP contribution is 2.32. The molecule has 0 saturated heterocycles. The molecule has 0 bridgehead atoms. The average molecular weight is 322 g/mol. The van der Waals surface area contributed by atoms with Crippen LogP contribution in [-0.2, 0) is 0 Å². The van der Waals surface area contributed by atoms with Gasteiger partial charge in [-0.3, -0.25) is 9.59 Å². The Bertz CT molecular complexity index is 848. The SMILES string of the molecule is NC(=O)c1ccc(C#CCNC(=O)c2ccc3c(c2)OCO3)cc1. The Hall–Kier alpha value is -3.46. The molecule has 2 aromatic rings. The fraction of sp³-hybridized carbons (Fsp3) is 0.111. The highest BCUT2D eigenvalue weighted by atomic mass is 16.7. The number of nitrogens with two attached hydrogens (primary N) is 1. The predicted molar refractivity (Wildman–Crippen MR) is 86.7 cm³/mol. The van der Waals surface area contributed by atoms with Crippen LogP contribution in [0.5, 0.6) is 11.5 Å². The van der Waals surface area contributed by atoms with Crippen molar-refractivity contribution in [3.05, 3.63) is 59.2 Å². The number of fused-ring (bicyclic) bond motifs is 1. The molecule has 0 aliphatic carbocycles. The van der Waals surface area contributed by atoms with Crippen molar-refractivity contribution in [1.82, 2.24) is 5.32 Å². The van der Waals surface area contributed by atoms with Gasteiger partial charge < -0.3 is 20.5 Å². The number of carbonyl (C=O) groups is 2. The quantitative estimate of drug-likeness (QED) is 0.833. The van der Waals surface area contributed by atoms with Gasteiger partial charge in [0.25, 0.3) is 5.91 Å². The molecule has 2 amide bonds. The summed E-state index contributed by atoms with van der Waals surface area (Å²) < 4.78 is 10.4. The van der Waals surface area contributed by atoms with Crippen molar-refractivity contribution in [2.75, 3.05) is 13.3 Å². The van der Waals surface area contributed by atoms with Crippen LogP contribution in [0, 0.1) is 11.8 Å². The summed E-state index contributed by atoms with van der Waals surface area (Å²) >= 11 is 0. The topological polar surface area (TPSA) is 90.7 Å². The van der Waals surface area contributed by atoms with E-state index in [1.165, 1.54) is 0 Å².